The van der Waals surface area contributed by atoms with Crippen LogP contribution in [0.5, 0.6) is 0 Å². The zero-order valence-electron chi connectivity index (χ0n) is 7.94. The number of carbonyl (C=O) groups excluding carboxylic acids is 1. The molecule has 6 heteroatoms. The molecular formula is C9H9FN2O3. The van der Waals surface area contributed by atoms with Crippen molar-refractivity contribution in [3.8, 4) is 0 Å². The van der Waals surface area contributed by atoms with E-state index in [4.69, 9.17) is 9.47 Å². The quantitative estimate of drug-likeness (QED) is 0.800. The third-order valence-electron chi connectivity index (χ3n) is 1.93. The Balaban J connectivity index is 2.25. The summed E-state index contributed by atoms with van der Waals surface area (Å²) in [7, 11) is 1.37. The Bertz CT molecular complexity index is 385. The number of ether oxygens (including phenoxy) is 2. The summed E-state index contributed by atoms with van der Waals surface area (Å²) in [5, 5.41) is 0.962. The van der Waals surface area contributed by atoms with E-state index in [1.54, 1.807) is 6.07 Å². The van der Waals surface area contributed by atoms with Crippen molar-refractivity contribution < 1.29 is 18.7 Å². The van der Waals surface area contributed by atoms with Crippen LogP contribution in [0.15, 0.2) is 24.3 Å². The second-order valence-corrected chi connectivity index (χ2v) is 2.87. The Morgan fingerprint density at radius 2 is 2.27 bits per heavy atom. The van der Waals surface area contributed by atoms with E-state index in [2.05, 4.69) is 5.43 Å². The molecule has 0 spiro atoms. The van der Waals surface area contributed by atoms with Gasteiger partial charge >= 0.3 is 6.09 Å². The van der Waals surface area contributed by atoms with Gasteiger partial charge in [0.05, 0.1) is 0 Å². The molecule has 1 aromatic rings. The third kappa shape index (κ3) is 1.77. The van der Waals surface area contributed by atoms with Crippen molar-refractivity contribution in [3.63, 3.8) is 0 Å². The minimum absolute atomic E-state index is 0.0991. The van der Waals surface area contributed by atoms with E-state index in [1.165, 1.54) is 25.3 Å². The molecule has 1 amide bonds. The lowest BCUT2D eigenvalue weighted by atomic mass is 10.3. The lowest BCUT2D eigenvalue weighted by Crippen LogP contribution is -2.38. The van der Waals surface area contributed by atoms with Crippen LogP contribution in [-0.4, -0.2) is 19.6 Å². The van der Waals surface area contributed by atoms with Crippen molar-refractivity contribution in [1.29, 1.82) is 0 Å². The molecule has 1 saturated heterocycles. The molecule has 0 aliphatic carbocycles. The lowest BCUT2D eigenvalue weighted by molar-refractivity contribution is -0.0722. The summed E-state index contributed by atoms with van der Waals surface area (Å²) in [6.45, 7) is 0. The van der Waals surface area contributed by atoms with Gasteiger partial charge in [-0.05, 0) is 12.1 Å². The second kappa shape index (κ2) is 3.84. The monoisotopic (exact) mass is 212 g/mol. The van der Waals surface area contributed by atoms with E-state index in [0.29, 0.717) is 0 Å². The van der Waals surface area contributed by atoms with Crippen LogP contribution in [-0.2, 0) is 9.47 Å². The lowest BCUT2D eigenvalue weighted by Gasteiger charge is -2.13. The average Bonchev–Trinajstić information content (AvgIpc) is 2.60. The summed E-state index contributed by atoms with van der Waals surface area (Å²) in [6, 6.07) is 5.87. The first-order valence-electron chi connectivity index (χ1n) is 4.26. The van der Waals surface area contributed by atoms with Crippen LogP contribution >= 0.6 is 0 Å². The molecule has 1 aromatic carbocycles. The van der Waals surface area contributed by atoms with E-state index >= 15 is 0 Å². The molecule has 0 radical (unpaired) electrons. The first kappa shape index (κ1) is 9.88. The van der Waals surface area contributed by atoms with Gasteiger partial charge in [0.15, 0.2) is 0 Å². The van der Waals surface area contributed by atoms with Crippen LogP contribution in [0.1, 0.15) is 0 Å². The number of carbonyl (C=O) groups is 1. The number of para-hydroxylation sites is 1. The Morgan fingerprint density at radius 1 is 1.53 bits per heavy atom. The van der Waals surface area contributed by atoms with E-state index in [9.17, 15) is 9.18 Å². The van der Waals surface area contributed by atoms with Crippen LogP contribution in [0, 0.1) is 5.82 Å². The molecule has 0 aromatic heterocycles. The fraction of sp³-hybridized carbons (Fsp3) is 0.222. The molecule has 1 aliphatic rings. The minimum Gasteiger partial charge on any atom is -0.402 e. The molecule has 1 heterocycles. The van der Waals surface area contributed by atoms with Gasteiger partial charge in [0.2, 0.25) is 0 Å². The number of nitrogens with one attached hydrogen (secondary N) is 1. The molecule has 0 saturated carbocycles. The summed E-state index contributed by atoms with van der Waals surface area (Å²) in [5.74, 6) is -0.515. The molecule has 1 atom stereocenters. The van der Waals surface area contributed by atoms with Gasteiger partial charge in [-0.1, -0.05) is 12.1 Å². The number of methoxy groups -OCH3 is 1. The van der Waals surface area contributed by atoms with E-state index in [-0.39, 0.29) is 5.69 Å². The number of hydrogen-bond donors (Lipinski definition) is 1. The summed E-state index contributed by atoms with van der Waals surface area (Å²) < 4.78 is 22.8. The third-order valence-corrected chi connectivity index (χ3v) is 1.93. The molecule has 5 nitrogen and oxygen atoms in total. The van der Waals surface area contributed by atoms with Crippen LogP contribution < -0.4 is 10.4 Å². The van der Waals surface area contributed by atoms with Crippen molar-refractivity contribution in [2.75, 3.05) is 12.1 Å². The largest absolute Gasteiger partial charge is 0.432 e. The van der Waals surface area contributed by atoms with E-state index in [1.807, 2.05) is 0 Å². The summed E-state index contributed by atoms with van der Waals surface area (Å²) >= 11 is 0. The number of hydrogen-bond acceptors (Lipinski definition) is 4. The fourth-order valence-corrected chi connectivity index (χ4v) is 1.23. The Kier molecular flexibility index (Phi) is 2.53. The van der Waals surface area contributed by atoms with Crippen molar-refractivity contribution in [3.05, 3.63) is 30.1 Å². The SMILES string of the molecule is COC1NN(c2ccccc2F)C(=O)O1. The highest BCUT2D eigenvalue weighted by Crippen LogP contribution is 2.21. The number of hydrazine groups is 1. The van der Waals surface area contributed by atoms with Gasteiger partial charge in [-0.25, -0.2) is 14.2 Å². The van der Waals surface area contributed by atoms with Crippen molar-refractivity contribution in [2.45, 2.75) is 6.41 Å². The summed E-state index contributed by atoms with van der Waals surface area (Å²) in [5.41, 5.74) is 2.65. The zero-order valence-corrected chi connectivity index (χ0v) is 7.94. The fourth-order valence-electron chi connectivity index (χ4n) is 1.23. The maximum Gasteiger partial charge on any atom is 0.432 e. The number of rotatable bonds is 2. The van der Waals surface area contributed by atoms with Crippen molar-refractivity contribution >= 4 is 11.8 Å². The summed E-state index contributed by atoms with van der Waals surface area (Å²) in [4.78, 5) is 11.3. The Labute approximate surface area is 85.4 Å². The highest BCUT2D eigenvalue weighted by atomic mass is 19.1. The van der Waals surface area contributed by atoms with Gasteiger partial charge < -0.3 is 9.47 Å². The number of nitrogens with zero attached hydrogens (tertiary/aromatic N) is 1. The highest BCUT2D eigenvalue weighted by Gasteiger charge is 2.33. The molecule has 1 N–H and O–H groups in total. The van der Waals surface area contributed by atoms with Gasteiger partial charge in [0.25, 0.3) is 6.41 Å². The predicted molar refractivity (Wildman–Crippen MR) is 49.3 cm³/mol. The van der Waals surface area contributed by atoms with Crippen molar-refractivity contribution in [1.82, 2.24) is 5.43 Å². The number of anilines is 1. The molecule has 15 heavy (non-hydrogen) atoms. The zero-order chi connectivity index (χ0) is 10.8. The molecule has 1 aliphatic heterocycles. The van der Waals surface area contributed by atoms with Gasteiger partial charge in [0.1, 0.15) is 11.5 Å². The van der Waals surface area contributed by atoms with Crippen molar-refractivity contribution in [2.24, 2.45) is 0 Å². The second-order valence-electron chi connectivity index (χ2n) is 2.87. The van der Waals surface area contributed by atoms with Gasteiger partial charge in [-0.2, -0.15) is 5.43 Å². The van der Waals surface area contributed by atoms with Gasteiger partial charge in [-0.3, -0.25) is 0 Å². The van der Waals surface area contributed by atoms with Crippen LogP contribution in [0.3, 0.4) is 0 Å². The van der Waals surface area contributed by atoms with Crippen LogP contribution in [0.2, 0.25) is 0 Å². The smallest absolute Gasteiger partial charge is 0.402 e. The van der Waals surface area contributed by atoms with Gasteiger partial charge in [0, 0.05) is 7.11 Å². The molecule has 80 valence electrons. The minimum atomic E-state index is -0.878. The maximum atomic E-state index is 13.3. The number of cyclic esters (lactones) is 1. The summed E-state index contributed by atoms with van der Waals surface area (Å²) in [6.07, 6.45) is -1.58. The maximum absolute atomic E-state index is 13.3. The topological polar surface area (TPSA) is 50.8 Å². The number of halogens is 1. The predicted octanol–water partition coefficient (Wildman–Crippen LogP) is 1.22. The van der Waals surface area contributed by atoms with Crippen LogP contribution in [0.4, 0.5) is 14.9 Å². The number of amides is 1. The average molecular weight is 212 g/mol. The van der Waals surface area contributed by atoms with Gasteiger partial charge in [-0.15, -0.1) is 0 Å². The van der Waals surface area contributed by atoms with E-state index in [0.717, 1.165) is 5.01 Å². The molecule has 2 rings (SSSR count). The van der Waals surface area contributed by atoms with E-state index < -0.39 is 18.3 Å². The standard InChI is InChI=1S/C9H9FN2O3/c1-14-8-11-12(9(13)15-8)7-5-3-2-4-6(7)10/h2-5,8,11H,1H3. The van der Waals surface area contributed by atoms with Crippen LogP contribution in [0.25, 0.3) is 0 Å². The first-order chi connectivity index (χ1) is 7.22. The molecule has 1 fully saturated rings. The Morgan fingerprint density at radius 3 is 2.87 bits per heavy atom. The Hall–Kier alpha value is -1.66. The molecule has 0 bridgehead atoms. The normalized spacial score (nSPS) is 20.5. The molecular weight excluding hydrogens is 203 g/mol. The highest BCUT2D eigenvalue weighted by molar-refractivity contribution is 5.88. The molecule has 1 unspecified atom stereocenters. The number of benzene rings is 1. The first-order valence-corrected chi connectivity index (χ1v) is 4.26.